The summed E-state index contributed by atoms with van der Waals surface area (Å²) in [5.41, 5.74) is 2.85. The van der Waals surface area contributed by atoms with Crippen LogP contribution in [0.1, 0.15) is 47.7 Å². The second-order valence-corrected chi connectivity index (χ2v) is 10.7. The molecule has 0 amide bonds. The average Bonchev–Trinajstić information content (AvgIpc) is 3.01. The third-order valence-corrected chi connectivity index (χ3v) is 8.28. The number of nitrogens with zero attached hydrogens (tertiary/aromatic N) is 1. The number of carbonyl (C=O) groups is 1. The molecule has 2 aromatic rings. The Morgan fingerprint density at radius 1 is 1.24 bits per heavy atom. The van der Waals surface area contributed by atoms with Crippen LogP contribution in [0.3, 0.4) is 0 Å². The summed E-state index contributed by atoms with van der Waals surface area (Å²) in [7, 11) is -1.79. The molecule has 2 N–H and O–H groups in total. The molecule has 0 aliphatic carbocycles. The number of anilines is 1. The van der Waals surface area contributed by atoms with E-state index in [-0.39, 0.29) is 11.3 Å². The first kappa shape index (κ1) is 23.1. The minimum atomic E-state index is -1.79. The topological polar surface area (TPSA) is 78.9 Å². The number of aryl methyl sites for hydroxylation is 1. The van der Waals surface area contributed by atoms with Gasteiger partial charge in [0.25, 0.3) is 0 Å². The van der Waals surface area contributed by atoms with Crippen LogP contribution in [0.2, 0.25) is 0 Å². The number of piperidine rings is 3. The summed E-state index contributed by atoms with van der Waals surface area (Å²) in [4.78, 5) is 15.0. The monoisotopic (exact) mass is 484 g/mol. The van der Waals surface area contributed by atoms with Crippen LogP contribution in [0.5, 0.6) is 5.75 Å². The second-order valence-electron chi connectivity index (χ2n) is 9.56. The van der Waals surface area contributed by atoms with Crippen molar-refractivity contribution in [2.45, 2.75) is 37.5 Å². The Hall–Kier alpha value is -2.71. The molecule has 2 bridgehead atoms. The van der Waals surface area contributed by atoms with E-state index in [4.69, 9.17) is 4.74 Å². The molecule has 0 aromatic heterocycles. The van der Waals surface area contributed by atoms with Gasteiger partial charge >= 0.3 is 5.97 Å². The Balaban J connectivity index is 1.47. The molecule has 4 aliphatic heterocycles. The maximum atomic E-state index is 14.2. The summed E-state index contributed by atoms with van der Waals surface area (Å²) in [5.74, 6) is -0.397. The van der Waals surface area contributed by atoms with Gasteiger partial charge in [0, 0.05) is 6.54 Å². The summed E-state index contributed by atoms with van der Waals surface area (Å²) in [6.45, 7) is 5.53. The highest BCUT2D eigenvalue weighted by atomic mass is 32.2. The van der Waals surface area contributed by atoms with Crippen LogP contribution < -0.4 is 9.46 Å². The molecular weight excluding hydrogens is 455 g/mol. The van der Waals surface area contributed by atoms with Crippen molar-refractivity contribution in [2.24, 2.45) is 11.8 Å². The number of fused-ring (bicyclic) bond motifs is 4. The number of hydrogen-bond donors (Lipinski definition) is 2. The van der Waals surface area contributed by atoms with Crippen LogP contribution in [0.25, 0.3) is 6.08 Å². The van der Waals surface area contributed by atoms with E-state index in [1.54, 1.807) is 6.07 Å². The summed E-state index contributed by atoms with van der Waals surface area (Å²) in [6, 6.07) is 7.68. The van der Waals surface area contributed by atoms with Crippen molar-refractivity contribution in [3.8, 4) is 5.75 Å². The van der Waals surface area contributed by atoms with Gasteiger partial charge < -0.3 is 14.6 Å². The Kier molecular flexibility index (Phi) is 6.44. The molecule has 3 saturated heterocycles. The van der Waals surface area contributed by atoms with Gasteiger partial charge in [-0.3, -0.25) is 4.90 Å². The third kappa shape index (κ3) is 4.61. The lowest BCUT2D eigenvalue weighted by molar-refractivity contribution is 0.0693. The van der Waals surface area contributed by atoms with Gasteiger partial charge in [-0.25, -0.2) is 13.4 Å². The molecule has 4 aliphatic rings. The number of nitrogens with one attached hydrogen (secondary N) is 1. The number of aromatic carboxylic acids is 1. The zero-order valence-corrected chi connectivity index (χ0v) is 20.0. The predicted molar refractivity (Wildman–Crippen MR) is 130 cm³/mol. The molecule has 6 rings (SSSR count). The summed E-state index contributed by atoms with van der Waals surface area (Å²) in [6.07, 6.45) is 5.79. The van der Waals surface area contributed by atoms with Gasteiger partial charge in [-0.1, -0.05) is 24.6 Å². The lowest BCUT2D eigenvalue weighted by Gasteiger charge is -2.41. The van der Waals surface area contributed by atoms with E-state index in [9.17, 15) is 18.5 Å². The molecule has 8 heteroatoms. The number of ether oxygens (including phenoxy) is 1. The van der Waals surface area contributed by atoms with E-state index in [2.05, 4.69) is 16.5 Å². The molecule has 4 heterocycles. The maximum Gasteiger partial charge on any atom is 0.341 e. The van der Waals surface area contributed by atoms with Gasteiger partial charge in [-0.05, 0) is 86.0 Å². The number of carboxylic acids is 1. The quantitative estimate of drug-likeness (QED) is 0.642. The molecule has 6 nitrogen and oxygen atoms in total. The Morgan fingerprint density at radius 3 is 2.74 bits per heavy atom. The Bertz CT molecular complexity index is 1170. The van der Waals surface area contributed by atoms with Gasteiger partial charge in [0.15, 0.2) is 11.0 Å². The van der Waals surface area contributed by atoms with Crippen LogP contribution in [0.15, 0.2) is 40.8 Å². The first-order chi connectivity index (χ1) is 16.4. The van der Waals surface area contributed by atoms with E-state index in [1.165, 1.54) is 23.8 Å². The maximum absolute atomic E-state index is 14.2. The van der Waals surface area contributed by atoms with Crippen molar-refractivity contribution in [3.63, 3.8) is 0 Å². The highest BCUT2D eigenvalue weighted by Gasteiger charge is 2.30. The van der Waals surface area contributed by atoms with Gasteiger partial charge in [-0.15, -0.1) is 0 Å². The van der Waals surface area contributed by atoms with Crippen molar-refractivity contribution in [1.29, 1.82) is 0 Å². The molecule has 3 fully saturated rings. The highest BCUT2D eigenvalue weighted by molar-refractivity contribution is 7.86. The minimum Gasteiger partial charge on any atom is -0.492 e. The third-order valence-electron chi connectivity index (χ3n) is 7.11. The van der Waals surface area contributed by atoms with Crippen LogP contribution in [0.4, 0.5) is 10.1 Å². The zero-order valence-electron chi connectivity index (χ0n) is 19.2. The highest BCUT2D eigenvalue weighted by Crippen LogP contribution is 2.37. The predicted octanol–water partition coefficient (Wildman–Crippen LogP) is 4.73. The summed E-state index contributed by atoms with van der Waals surface area (Å²) < 4.78 is 36.3. The number of hydrogen-bond acceptors (Lipinski definition) is 4. The number of rotatable bonds is 5. The van der Waals surface area contributed by atoms with E-state index in [0.29, 0.717) is 34.7 Å². The second kappa shape index (κ2) is 9.50. The smallest absolute Gasteiger partial charge is 0.341 e. The Labute approximate surface area is 201 Å². The summed E-state index contributed by atoms with van der Waals surface area (Å²) >= 11 is 0. The SMILES string of the molecule is CC1CCc2ccc(NS(=O)c3ccc(F)cc3C=C3CN4CCC3CC4)c(C(=O)O)c2OC1. The van der Waals surface area contributed by atoms with E-state index < -0.39 is 22.8 Å². The molecular formula is C26H29FN2O4S. The lowest BCUT2D eigenvalue weighted by atomic mass is 9.83. The van der Waals surface area contributed by atoms with Crippen molar-refractivity contribution in [1.82, 2.24) is 4.90 Å². The van der Waals surface area contributed by atoms with Crippen molar-refractivity contribution in [3.05, 3.63) is 58.4 Å². The normalized spacial score (nSPS) is 25.8. The standard InChI is InChI=1S/C26H29FN2O4S/c1-16-2-3-18-4-6-22(24(26(30)31)25(18)33-15-16)28-34(32)23-7-5-21(27)13-19(23)12-20-14-29-10-8-17(20)9-11-29/h4-7,12-13,16-17,28H,2-3,8-11,14-15H2,1H3,(H,30,31). The molecule has 0 radical (unpaired) electrons. The molecule has 2 aromatic carbocycles. The van der Waals surface area contributed by atoms with Crippen LogP contribution in [-0.4, -0.2) is 46.4 Å². The van der Waals surface area contributed by atoms with Gasteiger partial charge in [-0.2, -0.15) is 0 Å². The van der Waals surface area contributed by atoms with Crippen molar-refractivity contribution in [2.75, 3.05) is 31.0 Å². The zero-order chi connectivity index (χ0) is 23.8. The van der Waals surface area contributed by atoms with Crippen LogP contribution >= 0.6 is 0 Å². The first-order valence-corrected chi connectivity index (χ1v) is 13.0. The van der Waals surface area contributed by atoms with Crippen molar-refractivity contribution < 1.29 is 23.2 Å². The fourth-order valence-corrected chi connectivity index (χ4v) is 6.17. The summed E-state index contributed by atoms with van der Waals surface area (Å²) in [5, 5.41) is 9.95. The van der Waals surface area contributed by atoms with Gasteiger partial charge in [0.05, 0.1) is 17.2 Å². The fourth-order valence-electron chi connectivity index (χ4n) is 5.16. The Morgan fingerprint density at radius 2 is 2.03 bits per heavy atom. The molecule has 180 valence electrons. The van der Waals surface area contributed by atoms with Gasteiger partial charge in [0.2, 0.25) is 0 Å². The van der Waals surface area contributed by atoms with Crippen LogP contribution in [0, 0.1) is 17.7 Å². The van der Waals surface area contributed by atoms with E-state index in [0.717, 1.165) is 50.9 Å². The van der Waals surface area contributed by atoms with Crippen molar-refractivity contribution >= 4 is 28.7 Å². The number of benzene rings is 2. The molecule has 0 saturated carbocycles. The average molecular weight is 485 g/mol. The molecule has 0 spiro atoms. The number of carboxylic acid groups (broad SMARTS) is 1. The number of halogens is 1. The van der Waals surface area contributed by atoms with Gasteiger partial charge in [0.1, 0.15) is 17.1 Å². The fraction of sp³-hybridized carbons (Fsp3) is 0.423. The molecule has 34 heavy (non-hydrogen) atoms. The van der Waals surface area contributed by atoms with E-state index >= 15 is 0 Å². The molecule has 2 atom stereocenters. The lowest BCUT2D eigenvalue weighted by Crippen LogP contribution is -2.42. The van der Waals surface area contributed by atoms with Crippen LogP contribution in [-0.2, 0) is 17.4 Å². The minimum absolute atomic E-state index is 0.0145. The van der Waals surface area contributed by atoms with E-state index in [1.807, 2.05) is 12.1 Å². The molecule has 2 unspecified atom stereocenters. The first-order valence-electron chi connectivity index (χ1n) is 11.8. The largest absolute Gasteiger partial charge is 0.492 e.